The van der Waals surface area contributed by atoms with Crippen molar-refractivity contribution in [3.05, 3.63) is 39.8 Å². The lowest BCUT2D eigenvalue weighted by atomic mass is 9.97. The third-order valence-corrected chi connectivity index (χ3v) is 2.21. The highest BCUT2D eigenvalue weighted by molar-refractivity contribution is 6.30. The lowest BCUT2D eigenvalue weighted by Crippen LogP contribution is -2.02. The molecule has 2 nitrogen and oxygen atoms in total. The molecule has 0 saturated heterocycles. The zero-order valence-corrected chi connectivity index (χ0v) is 8.45. The fourth-order valence-electron chi connectivity index (χ4n) is 1.23. The molecule has 1 unspecified atom stereocenters. The molecule has 1 atom stereocenters. The molecule has 0 bridgehead atoms. The molecular weight excluding hydrogens is 186 g/mol. The van der Waals surface area contributed by atoms with E-state index in [0.717, 1.165) is 5.56 Å². The fraction of sp³-hybridized carbons (Fsp3) is 0.400. The zero-order chi connectivity index (χ0) is 9.84. The molecule has 1 rings (SSSR count). The maximum atomic E-state index is 10.5. The zero-order valence-electron chi connectivity index (χ0n) is 7.70. The van der Waals surface area contributed by atoms with Gasteiger partial charge >= 0.3 is 0 Å². The minimum atomic E-state index is -0.266. The van der Waals surface area contributed by atoms with Gasteiger partial charge in [0.1, 0.15) is 6.04 Å². The topological polar surface area (TPSA) is 29.4 Å². The summed E-state index contributed by atoms with van der Waals surface area (Å²) in [6.45, 7) is 3.95. The van der Waals surface area contributed by atoms with E-state index in [9.17, 15) is 4.91 Å². The summed E-state index contributed by atoms with van der Waals surface area (Å²) in [5.74, 6) is 0.221. The van der Waals surface area contributed by atoms with Crippen LogP contribution in [0.1, 0.15) is 25.5 Å². The standard InChI is InChI=1S/C10H12ClNO/c1-7(2)10(12-13)8-3-5-9(11)6-4-8/h3-7,10H,1-2H3. The summed E-state index contributed by atoms with van der Waals surface area (Å²) in [5.41, 5.74) is 0.925. The SMILES string of the molecule is CC(C)C(N=O)c1ccc(Cl)cc1. The Balaban J connectivity index is 2.92. The lowest BCUT2D eigenvalue weighted by Gasteiger charge is -2.12. The quantitative estimate of drug-likeness (QED) is 0.678. The molecule has 0 aliphatic rings. The molecule has 0 heterocycles. The Morgan fingerprint density at radius 2 is 1.77 bits per heavy atom. The van der Waals surface area contributed by atoms with E-state index in [-0.39, 0.29) is 12.0 Å². The first-order valence-electron chi connectivity index (χ1n) is 4.23. The molecule has 0 fully saturated rings. The van der Waals surface area contributed by atoms with Crippen LogP contribution in [0, 0.1) is 10.8 Å². The average molecular weight is 198 g/mol. The van der Waals surface area contributed by atoms with Gasteiger partial charge in [-0.05, 0) is 23.6 Å². The third kappa shape index (κ3) is 2.52. The van der Waals surface area contributed by atoms with Gasteiger partial charge in [0.25, 0.3) is 0 Å². The van der Waals surface area contributed by atoms with E-state index in [1.165, 1.54) is 0 Å². The van der Waals surface area contributed by atoms with Gasteiger partial charge in [-0.2, -0.15) is 4.91 Å². The number of benzene rings is 1. The fourth-order valence-corrected chi connectivity index (χ4v) is 1.35. The Morgan fingerprint density at radius 1 is 1.23 bits per heavy atom. The predicted molar refractivity (Wildman–Crippen MR) is 54.8 cm³/mol. The van der Waals surface area contributed by atoms with Gasteiger partial charge in [-0.15, -0.1) is 0 Å². The van der Waals surface area contributed by atoms with Crippen molar-refractivity contribution in [3.8, 4) is 0 Å². The Bertz CT molecular complexity index is 281. The minimum Gasteiger partial charge on any atom is -0.150 e. The van der Waals surface area contributed by atoms with Crippen molar-refractivity contribution in [3.63, 3.8) is 0 Å². The average Bonchev–Trinajstić information content (AvgIpc) is 2.09. The van der Waals surface area contributed by atoms with Crippen LogP contribution in [0.5, 0.6) is 0 Å². The van der Waals surface area contributed by atoms with Crippen LogP contribution in [0.3, 0.4) is 0 Å². The summed E-state index contributed by atoms with van der Waals surface area (Å²) in [6.07, 6.45) is 0. The van der Waals surface area contributed by atoms with Crippen molar-refractivity contribution in [2.75, 3.05) is 0 Å². The van der Waals surface area contributed by atoms with Gasteiger partial charge in [-0.1, -0.05) is 42.8 Å². The second kappa shape index (κ2) is 4.38. The van der Waals surface area contributed by atoms with Gasteiger partial charge in [0.15, 0.2) is 0 Å². The largest absolute Gasteiger partial charge is 0.150 e. The minimum absolute atomic E-state index is 0.221. The van der Waals surface area contributed by atoms with E-state index >= 15 is 0 Å². The van der Waals surface area contributed by atoms with Crippen LogP contribution < -0.4 is 0 Å². The smallest absolute Gasteiger partial charge is 0.119 e. The normalized spacial score (nSPS) is 12.9. The highest BCUT2D eigenvalue weighted by atomic mass is 35.5. The van der Waals surface area contributed by atoms with Crippen molar-refractivity contribution < 1.29 is 0 Å². The number of hydrogen-bond donors (Lipinski definition) is 0. The molecule has 70 valence electrons. The third-order valence-electron chi connectivity index (χ3n) is 1.96. The van der Waals surface area contributed by atoms with Gasteiger partial charge in [0.05, 0.1) is 0 Å². The Labute approximate surface area is 82.9 Å². The summed E-state index contributed by atoms with van der Waals surface area (Å²) >= 11 is 5.73. The van der Waals surface area contributed by atoms with E-state index in [2.05, 4.69) is 5.18 Å². The Morgan fingerprint density at radius 3 is 2.15 bits per heavy atom. The number of nitrogens with zero attached hydrogens (tertiary/aromatic N) is 1. The summed E-state index contributed by atoms with van der Waals surface area (Å²) in [5, 5.41) is 3.77. The van der Waals surface area contributed by atoms with Gasteiger partial charge in [-0.3, -0.25) is 0 Å². The number of halogens is 1. The van der Waals surface area contributed by atoms with Crippen LogP contribution in [-0.2, 0) is 0 Å². The number of hydrogen-bond acceptors (Lipinski definition) is 2. The highest BCUT2D eigenvalue weighted by Crippen LogP contribution is 2.26. The number of rotatable bonds is 3. The Kier molecular flexibility index (Phi) is 3.43. The van der Waals surface area contributed by atoms with Crippen molar-refractivity contribution in [1.29, 1.82) is 0 Å². The first-order valence-corrected chi connectivity index (χ1v) is 4.61. The Hall–Kier alpha value is -0.890. The molecule has 1 aromatic carbocycles. The molecule has 0 amide bonds. The van der Waals surface area contributed by atoms with Gasteiger partial charge < -0.3 is 0 Å². The van der Waals surface area contributed by atoms with E-state index in [0.29, 0.717) is 5.02 Å². The summed E-state index contributed by atoms with van der Waals surface area (Å²) < 4.78 is 0. The lowest BCUT2D eigenvalue weighted by molar-refractivity contribution is 0.513. The van der Waals surface area contributed by atoms with Crippen LogP contribution in [0.4, 0.5) is 0 Å². The summed E-state index contributed by atoms with van der Waals surface area (Å²) in [7, 11) is 0. The maximum Gasteiger partial charge on any atom is 0.119 e. The molecule has 0 radical (unpaired) electrons. The van der Waals surface area contributed by atoms with Crippen molar-refractivity contribution in [1.82, 2.24) is 0 Å². The molecule has 1 aromatic rings. The second-order valence-corrected chi connectivity index (χ2v) is 3.78. The summed E-state index contributed by atoms with van der Waals surface area (Å²) in [6, 6.07) is 6.97. The number of nitroso groups, excluding NO2 is 1. The second-order valence-electron chi connectivity index (χ2n) is 3.35. The van der Waals surface area contributed by atoms with Crippen LogP contribution >= 0.6 is 11.6 Å². The molecule has 0 aliphatic heterocycles. The highest BCUT2D eigenvalue weighted by Gasteiger charge is 2.15. The molecule has 0 aliphatic carbocycles. The van der Waals surface area contributed by atoms with Crippen molar-refractivity contribution in [2.45, 2.75) is 19.9 Å². The van der Waals surface area contributed by atoms with Crippen molar-refractivity contribution in [2.24, 2.45) is 11.1 Å². The molecule has 0 saturated carbocycles. The predicted octanol–water partition coefficient (Wildman–Crippen LogP) is 3.80. The van der Waals surface area contributed by atoms with E-state index in [1.807, 2.05) is 26.0 Å². The molecule has 0 aromatic heterocycles. The van der Waals surface area contributed by atoms with Crippen molar-refractivity contribution >= 4 is 11.6 Å². The van der Waals surface area contributed by atoms with Crippen LogP contribution in [-0.4, -0.2) is 0 Å². The van der Waals surface area contributed by atoms with Gasteiger partial charge in [-0.25, -0.2) is 0 Å². The molecule has 0 spiro atoms. The van der Waals surface area contributed by atoms with Gasteiger partial charge in [0, 0.05) is 5.02 Å². The monoisotopic (exact) mass is 197 g/mol. The van der Waals surface area contributed by atoms with E-state index in [1.54, 1.807) is 12.1 Å². The molecule has 0 N–H and O–H groups in total. The van der Waals surface area contributed by atoms with E-state index < -0.39 is 0 Å². The van der Waals surface area contributed by atoms with Crippen LogP contribution in [0.25, 0.3) is 0 Å². The maximum absolute atomic E-state index is 10.5. The molecule has 3 heteroatoms. The van der Waals surface area contributed by atoms with E-state index in [4.69, 9.17) is 11.6 Å². The van der Waals surface area contributed by atoms with Gasteiger partial charge in [0.2, 0.25) is 0 Å². The van der Waals surface area contributed by atoms with Crippen LogP contribution in [0.15, 0.2) is 29.4 Å². The molecular formula is C10H12ClNO. The first-order chi connectivity index (χ1) is 6.15. The first kappa shape index (κ1) is 10.2. The summed E-state index contributed by atoms with van der Waals surface area (Å²) in [4.78, 5) is 10.5. The van der Waals surface area contributed by atoms with Crippen LogP contribution in [0.2, 0.25) is 5.02 Å². The molecule has 13 heavy (non-hydrogen) atoms.